The molecule has 0 heterocycles. The van der Waals surface area contributed by atoms with E-state index >= 15 is 0 Å². The summed E-state index contributed by atoms with van der Waals surface area (Å²) in [5, 5.41) is 1.18. The van der Waals surface area contributed by atoms with Crippen molar-refractivity contribution in [1.29, 1.82) is 0 Å². The average Bonchev–Trinajstić information content (AvgIpc) is 2.64. The van der Waals surface area contributed by atoms with E-state index in [0.29, 0.717) is 15.6 Å². The molecule has 0 bridgehead atoms. The van der Waals surface area contributed by atoms with Gasteiger partial charge in [0.1, 0.15) is 5.57 Å². The van der Waals surface area contributed by atoms with Crippen molar-refractivity contribution in [3.05, 3.63) is 87.6 Å². The maximum absolute atomic E-state index is 12.0. The number of ether oxygens (including phenoxy) is 2. The Bertz CT molecular complexity index is 867. The molecular weight excluding hydrogens is 371 g/mol. The molecule has 0 unspecified atom stereocenters. The first-order valence-electron chi connectivity index (χ1n) is 7.77. The summed E-state index contributed by atoms with van der Waals surface area (Å²) < 4.78 is 9.85. The predicted molar refractivity (Wildman–Crippen MR) is 108 cm³/mol. The van der Waals surface area contributed by atoms with E-state index in [9.17, 15) is 4.79 Å². The number of benzene rings is 2. The minimum Gasteiger partial charge on any atom is -0.503 e. The van der Waals surface area contributed by atoms with Crippen molar-refractivity contribution in [3.63, 3.8) is 0 Å². The van der Waals surface area contributed by atoms with Gasteiger partial charge in [-0.1, -0.05) is 77.8 Å². The molecule has 0 spiro atoms. The molecule has 0 aliphatic carbocycles. The van der Waals surface area contributed by atoms with Gasteiger partial charge in [0.25, 0.3) is 0 Å². The normalized spacial score (nSPS) is 11.9. The van der Waals surface area contributed by atoms with E-state index < -0.39 is 5.97 Å². The van der Waals surface area contributed by atoms with Crippen LogP contribution in [0.25, 0.3) is 17.7 Å². The molecule has 2 aromatic rings. The lowest BCUT2D eigenvalue weighted by molar-refractivity contribution is -0.133. The van der Waals surface area contributed by atoms with E-state index in [0.717, 1.165) is 16.7 Å². The van der Waals surface area contributed by atoms with Gasteiger partial charge in [-0.05, 0) is 28.8 Å². The fraction of sp³-hybridized carbons (Fsp3) is 0.0952. The predicted octanol–water partition coefficient (Wildman–Crippen LogP) is 5.88. The van der Waals surface area contributed by atoms with Crippen LogP contribution in [-0.2, 0) is 14.3 Å². The number of hydrogen-bond donors (Lipinski definition) is 0. The fourth-order valence-corrected chi connectivity index (χ4v) is 2.76. The monoisotopic (exact) mass is 388 g/mol. The van der Waals surface area contributed by atoms with Crippen molar-refractivity contribution < 1.29 is 14.3 Å². The van der Waals surface area contributed by atoms with Crippen molar-refractivity contribution >= 4 is 46.9 Å². The third-order valence-electron chi connectivity index (χ3n) is 3.52. The fourth-order valence-electron chi connectivity index (χ4n) is 2.29. The number of allylic oxidation sites excluding steroid dienone is 2. The first kappa shape index (κ1) is 19.8. The topological polar surface area (TPSA) is 35.5 Å². The number of carbonyl (C=O) groups is 1. The molecule has 5 heteroatoms. The highest BCUT2D eigenvalue weighted by molar-refractivity contribution is 6.35. The molecule has 0 atom stereocenters. The van der Waals surface area contributed by atoms with Crippen LogP contribution in [-0.4, -0.2) is 20.2 Å². The molecule has 0 aliphatic rings. The summed E-state index contributed by atoms with van der Waals surface area (Å²) in [6.45, 7) is 0. The minimum atomic E-state index is -0.462. The van der Waals surface area contributed by atoms with Gasteiger partial charge < -0.3 is 9.47 Å². The van der Waals surface area contributed by atoms with Crippen molar-refractivity contribution in [2.45, 2.75) is 0 Å². The molecule has 0 fully saturated rings. The van der Waals surface area contributed by atoms with Crippen molar-refractivity contribution in [2.75, 3.05) is 14.2 Å². The molecule has 0 aromatic heterocycles. The number of rotatable bonds is 6. The van der Waals surface area contributed by atoms with Gasteiger partial charge in [0.2, 0.25) is 0 Å². The van der Waals surface area contributed by atoms with Gasteiger partial charge in [-0.25, -0.2) is 4.79 Å². The summed E-state index contributed by atoms with van der Waals surface area (Å²) in [5.74, 6) is -0.462. The van der Waals surface area contributed by atoms with Gasteiger partial charge in [0.05, 0.1) is 20.5 Å². The maximum atomic E-state index is 12.0. The third-order valence-corrected chi connectivity index (χ3v) is 4.08. The van der Waals surface area contributed by atoms with E-state index in [2.05, 4.69) is 0 Å². The van der Waals surface area contributed by atoms with Crippen molar-refractivity contribution in [3.8, 4) is 0 Å². The molecule has 134 valence electrons. The van der Waals surface area contributed by atoms with E-state index in [1.54, 1.807) is 12.1 Å². The standard InChI is InChI=1S/C21H18Cl2O3/c1-25-14-19(21(24)26-2)18-10-6-5-8-15(18)7-3-4-9-16-11-12-17(22)13-20(16)23/h3-14H,1-2H3/b7-3+,9-4+,19-14+. The lowest BCUT2D eigenvalue weighted by Crippen LogP contribution is -2.05. The lowest BCUT2D eigenvalue weighted by Gasteiger charge is -2.08. The van der Waals surface area contributed by atoms with Gasteiger partial charge in [-0.2, -0.15) is 0 Å². The number of hydrogen-bond acceptors (Lipinski definition) is 3. The Hall–Kier alpha value is -2.49. The van der Waals surface area contributed by atoms with Crippen LogP contribution in [0, 0.1) is 0 Å². The molecule has 0 saturated heterocycles. The lowest BCUT2D eigenvalue weighted by atomic mass is 10.00. The smallest absolute Gasteiger partial charge is 0.341 e. The quantitative estimate of drug-likeness (QED) is 0.268. The second-order valence-electron chi connectivity index (χ2n) is 5.23. The molecule has 26 heavy (non-hydrogen) atoms. The Kier molecular flexibility index (Phi) is 7.52. The summed E-state index contributed by atoms with van der Waals surface area (Å²) in [5.41, 5.74) is 2.78. The number of methoxy groups -OCH3 is 2. The van der Waals surface area contributed by atoms with Gasteiger partial charge in [-0.15, -0.1) is 0 Å². The van der Waals surface area contributed by atoms with Gasteiger partial charge in [-0.3, -0.25) is 0 Å². The Morgan fingerprint density at radius 1 is 0.962 bits per heavy atom. The van der Waals surface area contributed by atoms with Crippen LogP contribution in [0.15, 0.2) is 60.9 Å². The second kappa shape index (κ2) is 9.85. The molecule has 0 amide bonds. The van der Waals surface area contributed by atoms with Crippen LogP contribution in [0.1, 0.15) is 16.7 Å². The Morgan fingerprint density at radius 3 is 2.31 bits per heavy atom. The summed E-state index contributed by atoms with van der Waals surface area (Å²) >= 11 is 12.0. The molecule has 0 saturated carbocycles. The molecule has 2 rings (SSSR count). The van der Waals surface area contributed by atoms with E-state index in [1.807, 2.05) is 54.6 Å². The van der Waals surface area contributed by atoms with Crippen molar-refractivity contribution in [2.24, 2.45) is 0 Å². The van der Waals surface area contributed by atoms with Crippen LogP contribution in [0.4, 0.5) is 0 Å². The first-order valence-corrected chi connectivity index (χ1v) is 8.53. The third kappa shape index (κ3) is 5.25. The number of halogens is 2. The van der Waals surface area contributed by atoms with Gasteiger partial charge >= 0.3 is 5.97 Å². The molecule has 3 nitrogen and oxygen atoms in total. The molecule has 0 aliphatic heterocycles. The summed E-state index contributed by atoms with van der Waals surface area (Å²) in [4.78, 5) is 12.0. The van der Waals surface area contributed by atoms with Crippen LogP contribution in [0.5, 0.6) is 0 Å². The summed E-state index contributed by atoms with van der Waals surface area (Å²) in [6, 6.07) is 12.8. The van der Waals surface area contributed by atoms with Crippen LogP contribution >= 0.6 is 23.2 Å². The zero-order chi connectivity index (χ0) is 18.9. The van der Waals surface area contributed by atoms with Crippen LogP contribution in [0.2, 0.25) is 10.0 Å². The zero-order valence-corrected chi connectivity index (χ0v) is 15.9. The molecular formula is C21H18Cl2O3. The van der Waals surface area contributed by atoms with Crippen molar-refractivity contribution in [1.82, 2.24) is 0 Å². The van der Waals surface area contributed by atoms with Gasteiger partial charge in [0, 0.05) is 10.0 Å². The average molecular weight is 389 g/mol. The van der Waals surface area contributed by atoms with Crippen LogP contribution < -0.4 is 0 Å². The Morgan fingerprint density at radius 2 is 1.65 bits per heavy atom. The van der Waals surface area contributed by atoms with E-state index in [1.165, 1.54) is 20.5 Å². The SMILES string of the molecule is CO/C=C(/C(=O)OC)c1ccccc1/C=C/C=C/c1ccc(Cl)cc1Cl. The largest absolute Gasteiger partial charge is 0.503 e. The number of carbonyl (C=O) groups excluding carboxylic acids is 1. The molecule has 2 aromatic carbocycles. The summed E-state index contributed by atoms with van der Waals surface area (Å²) in [7, 11) is 2.82. The van der Waals surface area contributed by atoms with Gasteiger partial charge in [0.15, 0.2) is 0 Å². The van der Waals surface area contributed by atoms with E-state index in [-0.39, 0.29) is 0 Å². The highest BCUT2D eigenvalue weighted by atomic mass is 35.5. The molecule has 0 N–H and O–H groups in total. The zero-order valence-electron chi connectivity index (χ0n) is 14.4. The van der Waals surface area contributed by atoms with E-state index in [4.69, 9.17) is 32.7 Å². The van der Waals surface area contributed by atoms with Crippen LogP contribution in [0.3, 0.4) is 0 Å². The maximum Gasteiger partial charge on any atom is 0.341 e. The Labute approximate surface area is 163 Å². The minimum absolute atomic E-state index is 0.347. The number of esters is 1. The first-order chi connectivity index (χ1) is 12.6. The highest BCUT2D eigenvalue weighted by Crippen LogP contribution is 2.23. The molecule has 0 radical (unpaired) electrons. The Balaban J connectivity index is 2.27. The summed E-state index contributed by atoms with van der Waals surface area (Å²) in [6.07, 6.45) is 8.88. The second-order valence-corrected chi connectivity index (χ2v) is 6.07. The highest BCUT2D eigenvalue weighted by Gasteiger charge is 2.15.